The molecular weight excluding hydrogens is 569 g/mol. The van der Waals surface area contributed by atoms with Crippen molar-refractivity contribution in [1.29, 1.82) is 0 Å². The lowest BCUT2D eigenvalue weighted by molar-refractivity contribution is -0.140. The molecule has 230 valence electrons. The summed E-state index contributed by atoms with van der Waals surface area (Å²) in [5, 5.41) is 3.09. The summed E-state index contributed by atoms with van der Waals surface area (Å²) in [6.07, 6.45) is 4.13. The van der Waals surface area contributed by atoms with Crippen LogP contribution in [0.2, 0.25) is 0 Å². The number of amides is 2. The Hall–Kier alpha value is -3.92. The largest absolute Gasteiger partial charge is 0.495 e. The first-order chi connectivity index (χ1) is 20.5. The van der Waals surface area contributed by atoms with Crippen LogP contribution in [0.15, 0.2) is 71.6 Å². The Morgan fingerprint density at radius 2 is 1.60 bits per heavy atom. The van der Waals surface area contributed by atoms with Crippen LogP contribution < -0.4 is 14.4 Å². The van der Waals surface area contributed by atoms with Crippen molar-refractivity contribution in [2.24, 2.45) is 0 Å². The molecule has 1 saturated carbocycles. The van der Waals surface area contributed by atoms with Gasteiger partial charge in [0.25, 0.3) is 10.0 Å². The van der Waals surface area contributed by atoms with Gasteiger partial charge in [0, 0.05) is 12.6 Å². The number of rotatable bonds is 12. The summed E-state index contributed by atoms with van der Waals surface area (Å²) in [5.41, 5.74) is 2.49. The first kappa shape index (κ1) is 32.0. The number of benzene rings is 3. The summed E-state index contributed by atoms with van der Waals surface area (Å²) in [6, 6.07) is 16.4. The van der Waals surface area contributed by atoms with Crippen LogP contribution in [0.25, 0.3) is 0 Å². The monoisotopic (exact) mass is 609 g/mol. The smallest absolute Gasteiger partial charge is 0.264 e. The van der Waals surface area contributed by atoms with Crippen LogP contribution in [0.1, 0.15) is 55.7 Å². The number of hydrogen-bond donors (Lipinski definition) is 1. The Balaban J connectivity index is 1.76. The van der Waals surface area contributed by atoms with Crippen LogP contribution in [0.5, 0.6) is 5.75 Å². The third-order valence-corrected chi connectivity index (χ3v) is 9.62. The van der Waals surface area contributed by atoms with Crippen molar-refractivity contribution in [3.05, 3.63) is 89.2 Å². The number of halogens is 1. The second-order valence-corrected chi connectivity index (χ2v) is 12.9. The SMILES string of the molecule is CC[C@H](C(=O)NC1CCCC1)N(Cc1ccc(F)cc1)C(=O)CN(c1cc(C)ccc1OC)S(=O)(=O)c1ccc(C)cc1. The van der Waals surface area contributed by atoms with Crippen LogP contribution in [0.4, 0.5) is 10.1 Å². The van der Waals surface area contributed by atoms with Crippen LogP contribution in [-0.4, -0.2) is 50.9 Å². The maximum Gasteiger partial charge on any atom is 0.264 e. The Bertz CT molecular complexity index is 1520. The van der Waals surface area contributed by atoms with E-state index in [2.05, 4.69) is 5.32 Å². The minimum absolute atomic E-state index is 0.000914. The molecule has 4 rings (SSSR count). The number of aryl methyl sites for hydroxylation is 2. The van der Waals surface area contributed by atoms with Crippen LogP contribution in [0, 0.1) is 19.7 Å². The summed E-state index contributed by atoms with van der Waals surface area (Å²) in [5.74, 6) is -0.998. The summed E-state index contributed by atoms with van der Waals surface area (Å²) < 4.78 is 48.6. The van der Waals surface area contributed by atoms with Gasteiger partial charge < -0.3 is 15.0 Å². The molecular formula is C33H40FN3O5S. The molecule has 1 N–H and O–H groups in total. The normalized spacial score (nSPS) is 14.3. The number of hydrogen-bond acceptors (Lipinski definition) is 5. The molecule has 1 atom stereocenters. The molecule has 0 aliphatic heterocycles. The summed E-state index contributed by atoms with van der Waals surface area (Å²) >= 11 is 0. The molecule has 0 radical (unpaired) electrons. The number of anilines is 1. The number of carbonyl (C=O) groups is 2. The predicted octanol–water partition coefficient (Wildman–Crippen LogP) is 5.51. The van der Waals surface area contributed by atoms with E-state index in [4.69, 9.17) is 4.74 Å². The fourth-order valence-corrected chi connectivity index (χ4v) is 6.84. The maximum absolute atomic E-state index is 14.3. The number of methoxy groups -OCH3 is 1. The van der Waals surface area contributed by atoms with Crippen molar-refractivity contribution in [2.45, 2.75) is 76.4 Å². The van der Waals surface area contributed by atoms with Gasteiger partial charge in [0.15, 0.2) is 0 Å². The Morgan fingerprint density at radius 3 is 2.21 bits per heavy atom. The van der Waals surface area contributed by atoms with Crippen molar-refractivity contribution < 1.29 is 27.1 Å². The van der Waals surface area contributed by atoms with E-state index >= 15 is 0 Å². The Kier molecular flexibility index (Phi) is 10.4. The molecule has 0 unspecified atom stereocenters. The van der Waals surface area contributed by atoms with Crippen molar-refractivity contribution in [2.75, 3.05) is 18.0 Å². The molecule has 0 heterocycles. The predicted molar refractivity (Wildman–Crippen MR) is 165 cm³/mol. The summed E-state index contributed by atoms with van der Waals surface area (Å²) in [7, 11) is -2.80. The lowest BCUT2D eigenvalue weighted by Gasteiger charge is -2.34. The van der Waals surface area contributed by atoms with E-state index in [-0.39, 0.29) is 34.8 Å². The molecule has 8 nitrogen and oxygen atoms in total. The molecule has 1 aliphatic rings. The number of nitrogens with one attached hydrogen (secondary N) is 1. The van der Waals surface area contributed by atoms with E-state index in [0.717, 1.165) is 41.1 Å². The van der Waals surface area contributed by atoms with Crippen molar-refractivity contribution >= 4 is 27.5 Å². The van der Waals surface area contributed by atoms with Gasteiger partial charge in [-0.05, 0) is 80.6 Å². The first-order valence-corrected chi connectivity index (χ1v) is 16.1. The topological polar surface area (TPSA) is 96.0 Å². The third kappa shape index (κ3) is 7.73. The van der Waals surface area contributed by atoms with E-state index in [1.54, 1.807) is 42.5 Å². The van der Waals surface area contributed by atoms with Gasteiger partial charge in [-0.3, -0.25) is 13.9 Å². The molecule has 43 heavy (non-hydrogen) atoms. The molecule has 0 bridgehead atoms. The average Bonchev–Trinajstić information content (AvgIpc) is 3.50. The van der Waals surface area contributed by atoms with Gasteiger partial charge in [0.2, 0.25) is 11.8 Å². The molecule has 0 spiro atoms. The van der Waals surface area contributed by atoms with E-state index < -0.39 is 34.3 Å². The van der Waals surface area contributed by atoms with Crippen LogP contribution >= 0.6 is 0 Å². The standard InChI is InChI=1S/C33H40FN3O5S/c1-5-29(33(39)35-27-8-6-7-9-27)36(21-25-13-15-26(34)16-14-25)32(38)22-37(30-20-24(3)12-19-31(30)42-4)43(40,41)28-17-10-23(2)11-18-28/h10-20,27,29H,5-9,21-22H2,1-4H3,(H,35,39)/t29-/m1/s1. The maximum atomic E-state index is 14.3. The van der Waals surface area contributed by atoms with Gasteiger partial charge in [-0.15, -0.1) is 0 Å². The summed E-state index contributed by atoms with van der Waals surface area (Å²) in [6.45, 7) is 4.91. The molecule has 3 aromatic rings. The molecule has 1 fully saturated rings. The Morgan fingerprint density at radius 1 is 0.977 bits per heavy atom. The average molecular weight is 610 g/mol. The van der Waals surface area contributed by atoms with Crippen LogP contribution in [0.3, 0.4) is 0 Å². The molecule has 0 aromatic heterocycles. The van der Waals surface area contributed by atoms with Gasteiger partial charge in [-0.25, -0.2) is 12.8 Å². The highest BCUT2D eigenvalue weighted by atomic mass is 32.2. The van der Waals surface area contributed by atoms with E-state index in [1.165, 1.54) is 36.3 Å². The number of ether oxygens (including phenoxy) is 1. The molecule has 10 heteroatoms. The minimum atomic E-state index is -4.24. The molecule has 1 aliphatic carbocycles. The van der Waals surface area contributed by atoms with E-state index in [0.29, 0.717) is 12.0 Å². The van der Waals surface area contributed by atoms with Crippen molar-refractivity contribution in [3.8, 4) is 5.75 Å². The highest BCUT2D eigenvalue weighted by molar-refractivity contribution is 7.92. The highest BCUT2D eigenvalue weighted by Crippen LogP contribution is 2.34. The van der Waals surface area contributed by atoms with E-state index in [9.17, 15) is 22.4 Å². The lowest BCUT2D eigenvalue weighted by Crippen LogP contribution is -2.53. The Labute approximate surface area is 253 Å². The van der Waals surface area contributed by atoms with Gasteiger partial charge >= 0.3 is 0 Å². The fourth-order valence-electron chi connectivity index (χ4n) is 5.42. The molecule has 2 amide bonds. The second kappa shape index (κ2) is 14.0. The summed E-state index contributed by atoms with van der Waals surface area (Å²) in [4.78, 5) is 29.3. The second-order valence-electron chi connectivity index (χ2n) is 11.1. The lowest BCUT2D eigenvalue weighted by atomic mass is 10.1. The van der Waals surface area contributed by atoms with Gasteiger partial charge in [0.05, 0.1) is 17.7 Å². The van der Waals surface area contributed by atoms with Gasteiger partial charge in [0.1, 0.15) is 24.2 Å². The number of sulfonamides is 1. The van der Waals surface area contributed by atoms with E-state index in [1.807, 2.05) is 20.8 Å². The zero-order chi connectivity index (χ0) is 31.1. The number of carbonyl (C=O) groups excluding carboxylic acids is 2. The van der Waals surface area contributed by atoms with Crippen molar-refractivity contribution in [1.82, 2.24) is 10.2 Å². The third-order valence-electron chi connectivity index (χ3n) is 7.84. The first-order valence-electron chi connectivity index (χ1n) is 14.6. The zero-order valence-electron chi connectivity index (χ0n) is 25.2. The highest BCUT2D eigenvalue weighted by Gasteiger charge is 2.35. The van der Waals surface area contributed by atoms with Crippen molar-refractivity contribution in [3.63, 3.8) is 0 Å². The van der Waals surface area contributed by atoms with Gasteiger partial charge in [-0.2, -0.15) is 0 Å². The quantitative estimate of drug-likeness (QED) is 0.292. The van der Waals surface area contributed by atoms with Gasteiger partial charge in [-0.1, -0.05) is 55.7 Å². The zero-order valence-corrected chi connectivity index (χ0v) is 26.0. The van der Waals surface area contributed by atoms with Crippen LogP contribution in [-0.2, 0) is 26.2 Å². The molecule has 3 aromatic carbocycles. The minimum Gasteiger partial charge on any atom is -0.495 e. The fraction of sp³-hybridized carbons (Fsp3) is 0.394. The number of nitrogens with zero attached hydrogens (tertiary/aromatic N) is 2. The molecule has 0 saturated heterocycles.